The Morgan fingerprint density at radius 3 is 2.62 bits per heavy atom. The molecular weight excluding hydrogens is 256 g/mol. The highest BCUT2D eigenvalue weighted by atomic mass is 16.5. The van der Waals surface area contributed by atoms with Crippen molar-refractivity contribution in [3.8, 4) is 0 Å². The van der Waals surface area contributed by atoms with E-state index in [9.17, 15) is 0 Å². The lowest BCUT2D eigenvalue weighted by atomic mass is 9.75. The van der Waals surface area contributed by atoms with Gasteiger partial charge in [0.25, 0.3) is 0 Å². The maximum absolute atomic E-state index is 6.62. The fourth-order valence-corrected chi connectivity index (χ4v) is 3.62. The molecule has 4 atom stereocenters. The summed E-state index contributed by atoms with van der Waals surface area (Å²) >= 11 is 0. The Balaban J connectivity index is 2.13. The fraction of sp³-hybridized carbons (Fsp3) is 0.600. The van der Waals surface area contributed by atoms with E-state index in [1.165, 1.54) is 24.8 Å². The van der Waals surface area contributed by atoms with Gasteiger partial charge in [-0.05, 0) is 42.2 Å². The van der Waals surface area contributed by atoms with Crippen molar-refractivity contribution in [3.05, 3.63) is 49.1 Å². The molecule has 0 bridgehead atoms. The summed E-state index contributed by atoms with van der Waals surface area (Å²) in [5.41, 5.74) is 0.843. The van der Waals surface area contributed by atoms with Crippen molar-refractivity contribution in [2.24, 2.45) is 17.8 Å². The summed E-state index contributed by atoms with van der Waals surface area (Å²) in [6.45, 7) is 14.9. The molecule has 2 rings (SSSR count). The van der Waals surface area contributed by atoms with Crippen LogP contribution in [0, 0.1) is 17.8 Å². The summed E-state index contributed by atoms with van der Waals surface area (Å²) in [5.74, 6) is 2.10. The number of rotatable bonds is 5. The summed E-state index contributed by atoms with van der Waals surface area (Å²) in [4.78, 5) is 0. The van der Waals surface area contributed by atoms with E-state index in [1.807, 2.05) is 12.2 Å². The van der Waals surface area contributed by atoms with Crippen LogP contribution in [0.5, 0.6) is 0 Å². The lowest BCUT2D eigenvalue weighted by molar-refractivity contribution is -0.0952. The van der Waals surface area contributed by atoms with Gasteiger partial charge in [0.15, 0.2) is 0 Å². The maximum atomic E-state index is 6.62. The van der Waals surface area contributed by atoms with E-state index in [4.69, 9.17) is 4.74 Å². The normalized spacial score (nSPS) is 36.4. The van der Waals surface area contributed by atoms with E-state index in [-0.39, 0.29) is 5.60 Å². The Morgan fingerprint density at radius 1 is 1.33 bits per heavy atom. The second kappa shape index (κ2) is 6.79. The van der Waals surface area contributed by atoms with Gasteiger partial charge >= 0.3 is 0 Å². The van der Waals surface area contributed by atoms with Crippen molar-refractivity contribution in [1.82, 2.24) is 0 Å². The first-order valence-corrected chi connectivity index (χ1v) is 8.33. The van der Waals surface area contributed by atoms with E-state index in [0.717, 1.165) is 12.3 Å². The van der Waals surface area contributed by atoms with Crippen molar-refractivity contribution in [3.63, 3.8) is 0 Å². The quantitative estimate of drug-likeness (QED) is 0.610. The number of allylic oxidation sites excluding steroid dienone is 3. The van der Waals surface area contributed by atoms with Crippen LogP contribution in [0.25, 0.3) is 0 Å². The minimum absolute atomic E-state index is 0.332. The highest BCUT2D eigenvalue weighted by molar-refractivity contribution is 5.37. The summed E-state index contributed by atoms with van der Waals surface area (Å²) in [7, 11) is 0. The first-order valence-electron chi connectivity index (χ1n) is 8.33. The molecule has 0 aliphatic heterocycles. The summed E-state index contributed by atoms with van der Waals surface area (Å²) in [5, 5.41) is 0. The van der Waals surface area contributed by atoms with Gasteiger partial charge in [0.2, 0.25) is 0 Å². The highest BCUT2D eigenvalue weighted by Gasteiger charge is 2.37. The third-order valence-corrected chi connectivity index (χ3v) is 5.13. The molecule has 0 saturated heterocycles. The van der Waals surface area contributed by atoms with Crippen molar-refractivity contribution in [2.75, 3.05) is 0 Å². The van der Waals surface area contributed by atoms with Crippen LogP contribution in [0.4, 0.5) is 0 Å². The molecule has 0 amide bonds. The Hall–Kier alpha value is -1.08. The average molecular weight is 286 g/mol. The Bertz CT molecular complexity index is 443. The predicted molar refractivity (Wildman–Crippen MR) is 91.2 cm³/mol. The molecule has 1 saturated carbocycles. The molecular formula is C20H30O. The van der Waals surface area contributed by atoms with Gasteiger partial charge in [0.1, 0.15) is 5.60 Å². The van der Waals surface area contributed by atoms with E-state index in [2.05, 4.69) is 52.2 Å². The monoisotopic (exact) mass is 286 g/mol. The summed E-state index contributed by atoms with van der Waals surface area (Å²) < 4.78 is 6.62. The summed E-state index contributed by atoms with van der Waals surface area (Å²) in [6.07, 6.45) is 15.3. The summed E-state index contributed by atoms with van der Waals surface area (Å²) in [6, 6.07) is 0. The van der Waals surface area contributed by atoms with Crippen LogP contribution in [-0.4, -0.2) is 11.7 Å². The average Bonchev–Trinajstić information content (AvgIpc) is 2.47. The lowest BCUT2D eigenvalue weighted by Gasteiger charge is -2.42. The van der Waals surface area contributed by atoms with Crippen LogP contribution in [-0.2, 0) is 4.74 Å². The van der Waals surface area contributed by atoms with Gasteiger partial charge in [0, 0.05) is 6.42 Å². The van der Waals surface area contributed by atoms with E-state index < -0.39 is 0 Å². The second-order valence-electron chi connectivity index (χ2n) is 7.09. The largest absolute Gasteiger partial charge is 0.363 e. The van der Waals surface area contributed by atoms with Crippen molar-refractivity contribution in [2.45, 2.75) is 58.2 Å². The second-order valence-corrected chi connectivity index (χ2v) is 7.09. The molecule has 2 aliphatic rings. The number of ether oxygens (including phenoxy) is 1. The zero-order valence-corrected chi connectivity index (χ0v) is 13.8. The molecule has 21 heavy (non-hydrogen) atoms. The topological polar surface area (TPSA) is 9.23 Å². The first-order chi connectivity index (χ1) is 9.99. The Kier molecular flexibility index (Phi) is 5.27. The van der Waals surface area contributed by atoms with Crippen LogP contribution in [0.1, 0.15) is 46.5 Å². The number of hydrogen-bond donors (Lipinski definition) is 0. The SMILES string of the molecule is C=CC1=CCC(C=C)(O[C@H]2C[C@@H](C)CC[C@@H]2C(C)C)C=C1. The number of hydrogen-bond acceptors (Lipinski definition) is 1. The van der Waals surface area contributed by atoms with E-state index >= 15 is 0 Å². The molecule has 0 aromatic carbocycles. The van der Waals surface area contributed by atoms with Gasteiger partial charge in [-0.1, -0.05) is 64.7 Å². The molecule has 0 spiro atoms. The van der Waals surface area contributed by atoms with Crippen molar-refractivity contribution in [1.29, 1.82) is 0 Å². The molecule has 0 heterocycles. The maximum Gasteiger partial charge on any atom is 0.108 e. The van der Waals surface area contributed by atoms with Crippen LogP contribution in [0.15, 0.2) is 49.1 Å². The Morgan fingerprint density at radius 2 is 2.10 bits per heavy atom. The van der Waals surface area contributed by atoms with Crippen LogP contribution in [0.2, 0.25) is 0 Å². The van der Waals surface area contributed by atoms with Crippen LogP contribution < -0.4 is 0 Å². The smallest absolute Gasteiger partial charge is 0.108 e. The highest BCUT2D eigenvalue weighted by Crippen LogP contribution is 2.39. The van der Waals surface area contributed by atoms with Crippen molar-refractivity contribution < 1.29 is 4.74 Å². The van der Waals surface area contributed by atoms with Crippen LogP contribution >= 0.6 is 0 Å². The first kappa shape index (κ1) is 16.3. The molecule has 0 aromatic heterocycles. The standard InChI is InChI=1S/C20H30O/c1-6-17-10-12-20(7-2,13-11-17)21-19-14-16(5)8-9-18(19)15(3)4/h6-7,10-12,15-16,18-19H,1-2,8-9,13-14H2,3-5H3/t16-,18+,19-,20?/m0/s1. The van der Waals surface area contributed by atoms with Gasteiger partial charge in [-0.25, -0.2) is 0 Å². The molecule has 116 valence electrons. The lowest BCUT2D eigenvalue weighted by Crippen LogP contribution is -2.41. The van der Waals surface area contributed by atoms with E-state index in [1.54, 1.807) is 0 Å². The van der Waals surface area contributed by atoms with Crippen molar-refractivity contribution >= 4 is 0 Å². The van der Waals surface area contributed by atoms with Crippen LogP contribution in [0.3, 0.4) is 0 Å². The van der Waals surface area contributed by atoms with Gasteiger partial charge in [-0.3, -0.25) is 0 Å². The van der Waals surface area contributed by atoms with Gasteiger partial charge in [-0.15, -0.1) is 0 Å². The minimum Gasteiger partial charge on any atom is -0.363 e. The van der Waals surface area contributed by atoms with Gasteiger partial charge in [0.05, 0.1) is 6.10 Å². The third-order valence-electron chi connectivity index (χ3n) is 5.13. The molecule has 0 aromatic rings. The predicted octanol–water partition coefficient (Wildman–Crippen LogP) is 5.46. The molecule has 1 heteroatoms. The minimum atomic E-state index is -0.332. The van der Waals surface area contributed by atoms with Gasteiger partial charge in [-0.2, -0.15) is 0 Å². The molecule has 1 nitrogen and oxygen atoms in total. The molecule has 2 aliphatic carbocycles. The van der Waals surface area contributed by atoms with Gasteiger partial charge < -0.3 is 4.74 Å². The fourth-order valence-electron chi connectivity index (χ4n) is 3.62. The molecule has 1 unspecified atom stereocenters. The third kappa shape index (κ3) is 3.77. The zero-order valence-electron chi connectivity index (χ0n) is 13.8. The Labute approximate surface area is 130 Å². The molecule has 1 fully saturated rings. The zero-order chi connectivity index (χ0) is 15.5. The molecule has 0 radical (unpaired) electrons. The molecule has 0 N–H and O–H groups in total. The van der Waals surface area contributed by atoms with E-state index in [0.29, 0.717) is 17.9 Å².